The molecular formula is C12H14F2N. The Labute approximate surface area is 88.5 Å². The van der Waals surface area contributed by atoms with Crippen molar-refractivity contribution in [3.63, 3.8) is 0 Å². The summed E-state index contributed by atoms with van der Waals surface area (Å²) in [7, 11) is 0. The number of rotatable bonds is 2. The van der Waals surface area contributed by atoms with E-state index in [1.54, 1.807) is 12.1 Å². The standard InChI is InChI=1S/C12H14F2N/c13-11-3-1-2-10(12(11)14)8-9-4-6-15-7-5-9/h1-3,9H,4-8H2. The zero-order valence-electron chi connectivity index (χ0n) is 8.55. The second-order valence-electron chi connectivity index (χ2n) is 4.03. The predicted octanol–water partition coefficient (Wildman–Crippen LogP) is 2.52. The molecule has 0 spiro atoms. The third kappa shape index (κ3) is 2.53. The lowest BCUT2D eigenvalue weighted by molar-refractivity contribution is 0.361. The summed E-state index contributed by atoms with van der Waals surface area (Å²) < 4.78 is 26.3. The number of benzene rings is 1. The van der Waals surface area contributed by atoms with Crippen molar-refractivity contribution in [3.05, 3.63) is 35.4 Å². The number of halogens is 2. The molecule has 81 valence electrons. The quantitative estimate of drug-likeness (QED) is 0.712. The van der Waals surface area contributed by atoms with Crippen molar-refractivity contribution in [2.24, 2.45) is 5.92 Å². The number of hydrogen-bond acceptors (Lipinski definition) is 0. The number of piperidine rings is 1. The summed E-state index contributed by atoms with van der Waals surface area (Å²) in [6.07, 6.45) is 2.63. The monoisotopic (exact) mass is 210 g/mol. The van der Waals surface area contributed by atoms with Crippen molar-refractivity contribution in [2.75, 3.05) is 13.1 Å². The van der Waals surface area contributed by atoms with Crippen molar-refractivity contribution < 1.29 is 8.78 Å². The molecule has 1 radical (unpaired) electrons. The first-order chi connectivity index (χ1) is 7.27. The van der Waals surface area contributed by atoms with E-state index in [1.165, 1.54) is 0 Å². The Morgan fingerprint density at radius 1 is 1.20 bits per heavy atom. The third-order valence-corrected chi connectivity index (χ3v) is 2.93. The molecule has 0 amide bonds. The summed E-state index contributed by atoms with van der Waals surface area (Å²) in [6, 6.07) is 4.40. The highest BCUT2D eigenvalue weighted by Crippen LogP contribution is 2.21. The van der Waals surface area contributed by atoms with E-state index in [9.17, 15) is 8.78 Å². The summed E-state index contributed by atoms with van der Waals surface area (Å²) in [6.45, 7) is 1.73. The average molecular weight is 210 g/mol. The average Bonchev–Trinajstić information content (AvgIpc) is 2.26. The van der Waals surface area contributed by atoms with Crippen molar-refractivity contribution in [1.29, 1.82) is 0 Å². The molecule has 0 saturated carbocycles. The van der Waals surface area contributed by atoms with Gasteiger partial charge in [0.2, 0.25) is 0 Å². The predicted molar refractivity (Wildman–Crippen MR) is 54.7 cm³/mol. The molecular weight excluding hydrogens is 196 g/mol. The van der Waals surface area contributed by atoms with Crippen LogP contribution in [0.2, 0.25) is 0 Å². The van der Waals surface area contributed by atoms with Crippen molar-refractivity contribution in [3.8, 4) is 0 Å². The van der Waals surface area contributed by atoms with Crippen LogP contribution in [-0.2, 0) is 6.42 Å². The van der Waals surface area contributed by atoms with E-state index in [0.29, 0.717) is 17.9 Å². The lowest BCUT2D eigenvalue weighted by Gasteiger charge is -2.21. The molecule has 1 aliphatic rings. The molecule has 1 aromatic rings. The van der Waals surface area contributed by atoms with Gasteiger partial charge < -0.3 is 0 Å². The van der Waals surface area contributed by atoms with Gasteiger partial charge >= 0.3 is 0 Å². The van der Waals surface area contributed by atoms with Gasteiger partial charge in [0.15, 0.2) is 11.6 Å². The van der Waals surface area contributed by atoms with Gasteiger partial charge in [-0.15, -0.1) is 0 Å². The van der Waals surface area contributed by atoms with Gasteiger partial charge in [0.25, 0.3) is 0 Å². The van der Waals surface area contributed by atoms with E-state index in [2.05, 4.69) is 5.32 Å². The van der Waals surface area contributed by atoms with Crippen LogP contribution in [0.3, 0.4) is 0 Å². The van der Waals surface area contributed by atoms with Gasteiger partial charge in [-0.3, -0.25) is 0 Å². The van der Waals surface area contributed by atoms with E-state index < -0.39 is 11.6 Å². The summed E-state index contributed by atoms with van der Waals surface area (Å²) in [5.74, 6) is -0.966. The van der Waals surface area contributed by atoms with E-state index in [0.717, 1.165) is 32.0 Å². The van der Waals surface area contributed by atoms with E-state index >= 15 is 0 Å². The zero-order valence-corrected chi connectivity index (χ0v) is 8.55. The van der Waals surface area contributed by atoms with Crippen LogP contribution in [0.4, 0.5) is 8.78 Å². The van der Waals surface area contributed by atoms with Gasteiger partial charge in [-0.05, 0) is 36.8 Å². The lowest BCUT2D eigenvalue weighted by Crippen LogP contribution is -2.23. The highest BCUT2D eigenvalue weighted by atomic mass is 19.2. The molecule has 0 atom stereocenters. The topological polar surface area (TPSA) is 14.1 Å². The van der Waals surface area contributed by atoms with Gasteiger partial charge in [0.1, 0.15) is 0 Å². The Hall–Kier alpha value is -0.960. The summed E-state index contributed by atoms with van der Waals surface area (Å²) in [5, 5.41) is 4.24. The van der Waals surface area contributed by atoms with Crippen molar-refractivity contribution in [1.82, 2.24) is 5.32 Å². The largest absolute Gasteiger partial charge is 0.242 e. The van der Waals surface area contributed by atoms with Gasteiger partial charge in [0, 0.05) is 13.1 Å². The first kappa shape index (κ1) is 10.6. The van der Waals surface area contributed by atoms with Crippen molar-refractivity contribution in [2.45, 2.75) is 19.3 Å². The summed E-state index contributed by atoms with van der Waals surface area (Å²) in [4.78, 5) is 0. The fraction of sp³-hybridized carbons (Fsp3) is 0.500. The first-order valence-electron chi connectivity index (χ1n) is 5.33. The molecule has 0 aromatic heterocycles. The normalized spacial score (nSPS) is 18.0. The Morgan fingerprint density at radius 3 is 2.67 bits per heavy atom. The number of hydrogen-bond donors (Lipinski definition) is 0. The minimum absolute atomic E-state index is 0.457. The Kier molecular flexibility index (Phi) is 3.31. The molecule has 0 N–H and O–H groups in total. The van der Waals surface area contributed by atoms with Crippen LogP contribution >= 0.6 is 0 Å². The smallest absolute Gasteiger partial charge is 0.162 e. The molecule has 1 fully saturated rings. The number of nitrogens with zero attached hydrogens (tertiary/aromatic N) is 1. The molecule has 1 aromatic carbocycles. The first-order valence-corrected chi connectivity index (χ1v) is 5.33. The van der Waals surface area contributed by atoms with Crippen LogP contribution in [0.1, 0.15) is 18.4 Å². The molecule has 1 saturated heterocycles. The lowest BCUT2D eigenvalue weighted by atomic mass is 9.91. The van der Waals surface area contributed by atoms with Crippen LogP contribution in [0.5, 0.6) is 0 Å². The van der Waals surface area contributed by atoms with Crippen LogP contribution in [0.25, 0.3) is 0 Å². The summed E-state index contributed by atoms with van der Waals surface area (Å²) in [5.41, 5.74) is 0.502. The van der Waals surface area contributed by atoms with E-state index in [-0.39, 0.29) is 0 Å². The SMILES string of the molecule is Fc1cccc(CC2CC[N]CC2)c1F. The minimum atomic E-state index is -0.743. The zero-order chi connectivity index (χ0) is 10.7. The molecule has 1 nitrogen and oxygen atoms in total. The highest BCUT2D eigenvalue weighted by molar-refractivity contribution is 5.19. The third-order valence-electron chi connectivity index (χ3n) is 2.93. The fourth-order valence-electron chi connectivity index (χ4n) is 2.03. The molecule has 15 heavy (non-hydrogen) atoms. The van der Waals surface area contributed by atoms with Crippen LogP contribution in [0, 0.1) is 17.6 Å². The Morgan fingerprint density at radius 2 is 1.93 bits per heavy atom. The Bertz CT molecular complexity index is 332. The molecule has 0 aliphatic carbocycles. The molecule has 0 bridgehead atoms. The molecule has 1 heterocycles. The van der Waals surface area contributed by atoms with Crippen LogP contribution in [0.15, 0.2) is 18.2 Å². The van der Waals surface area contributed by atoms with Crippen LogP contribution < -0.4 is 5.32 Å². The molecule has 2 rings (SSSR count). The second kappa shape index (κ2) is 4.71. The van der Waals surface area contributed by atoms with Crippen molar-refractivity contribution >= 4 is 0 Å². The molecule has 3 heteroatoms. The molecule has 1 aliphatic heterocycles. The summed E-state index contributed by atoms with van der Waals surface area (Å²) >= 11 is 0. The van der Waals surface area contributed by atoms with E-state index in [4.69, 9.17) is 0 Å². The molecule has 0 unspecified atom stereocenters. The maximum absolute atomic E-state index is 13.4. The highest BCUT2D eigenvalue weighted by Gasteiger charge is 2.17. The van der Waals surface area contributed by atoms with Gasteiger partial charge in [-0.1, -0.05) is 12.1 Å². The fourth-order valence-corrected chi connectivity index (χ4v) is 2.03. The minimum Gasteiger partial charge on any atom is -0.242 e. The van der Waals surface area contributed by atoms with Crippen LogP contribution in [-0.4, -0.2) is 13.1 Å². The maximum Gasteiger partial charge on any atom is 0.162 e. The van der Waals surface area contributed by atoms with Gasteiger partial charge in [-0.25, -0.2) is 14.1 Å². The maximum atomic E-state index is 13.4. The van der Waals surface area contributed by atoms with Gasteiger partial charge in [0.05, 0.1) is 0 Å². The second-order valence-corrected chi connectivity index (χ2v) is 4.03. The van der Waals surface area contributed by atoms with Gasteiger partial charge in [-0.2, -0.15) is 0 Å². The van der Waals surface area contributed by atoms with E-state index in [1.807, 2.05) is 0 Å². The Balaban J connectivity index is 2.06.